The second-order valence-electron chi connectivity index (χ2n) is 6.41. The molecule has 3 aliphatic rings. The van der Waals surface area contributed by atoms with Crippen LogP contribution in [0.2, 0.25) is 0 Å². The first-order valence-corrected chi connectivity index (χ1v) is 8.08. The Kier molecular flexibility index (Phi) is 3.48. The van der Waals surface area contributed by atoms with Crippen LogP contribution in [0.5, 0.6) is 0 Å². The zero-order valence-corrected chi connectivity index (χ0v) is 12.8. The number of aromatic nitrogens is 1. The van der Waals surface area contributed by atoms with Gasteiger partial charge in [-0.05, 0) is 25.0 Å². The number of pyridine rings is 1. The molecule has 124 valence electrons. The van der Waals surface area contributed by atoms with E-state index in [1.807, 2.05) is 9.80 Å². The van der Waals surface area contributed by atoms with Crippen molar-refractivity contribution in [1.82, 2.24) is 9.88 Å². The van der Waals surface area contributed by atoms with Gasteiger partial charge in [-0.3, -0.25) is 4.79 Å². The van der Waals surface area contributed by atoms with E-state index in [1.165, 1.54) is 18.3 Å². The first-order valence-electron chi connectivity index (χ1n) is 8.08. The molecule has 3 fully saturated rings. The fraction of sp³-hybridized carbons (Fsp3) is 0.625. The van der Waals surface area contributed by atoms with Gasteiger partial charge >= 0.3 is 0 Å². The van der Waals surface area contributed by atoms with Crippen molar-refractivity contribution in [2.45, 2.75) is 43.9 Å². The van der Waals surface area contributed by atoms with Gasteiger partial charge in [-0.1, -0.05) is 0 Å². The summed E-state index contributed by atoms with van der Waals surface area (Å²) in [6, 6.07) is 2.93. The van der Waals surface area contributed by atoms with Crippen LogP contribution < -0.4 is 4.90 Å². The van der Waals surface area contributed by atoms with Crippen LogP contribution in [0.3, 0.4) is 0 Å². The maximum atomic E-state index is 13.1. The van der Waals surface area contributed by atoms with E-state index in [0.717, 1.165) is 19.4 Å². The number of anilines is 1. The number of alkyl halides is 2. The summed E-state index contributed by atoms with van der Waals surface area (Å²) in [5.74, 6) is 0.401. The number of carbonyl (C=O) groups is 1. The first-order chi connectivity index (χ1) is 11.1. The Bertz CT molecular complexity index is 617. The van der Waals surface area contributed by atoms with Gasteiger partial charge in [0.2, 0.25) is 0 Å². The van der Waals surface area contributed by atoms with Crippen molar-refractivity contribution in [3.8, 4) is 0 Å². The molecular formula is C16H19F2N3O2. The Labute approximate surface area is 133 Å². The number of fused-ring (bicyclic) bond motifs is 1. The maximum absolute atomic E-state index is 13.1. The summed E-state index contributed by atoms with van der Waals surface area (Å²) in [7, 11) is 0. The van der Waals surface area contributed by atoms with Crippen LogP contribution in [0.1, 0.15) is 37.7 Å². The minimum absolute atomic E-state index is 0.0530. The van der Waals surface area contributed by atoms with Gasteiger partial charge in [-0.2, -0.15) is 0 Å². The Balaban J connectivity index is 1.51. The molecule has 1 spiro atoms. The Hall–Kier alpha value is -1.76. The highest BCUT2D eigenvalue weighted by molar-refractivity contribution is 5.87. The molecule has 23 heavy (non-hydrogen) atoms. The number of halogens is 2. The van der Waals surface area contributed by atoms with E-state index in [-0.39, 0.29) is 17.7 Å². The van der Waals surface area contributed by atoms with Gasteiger partial charge in [0.05, 0.1) is 5.56 Å². The average molecular weight is 323 g/mol. The quantitative estimate of drug-likeness (QED) is 0.838. The van der Waals surface area contributed by atoms with E-state index in [9.17, 15) is 13.6 Å². The van der Waals surface area contributed by atoms with E-state index < -0.39 is 12.0 Å². The molecule has 0 bridgehead atoms. The van der Waals surface area contributed by atoms with E-state index in [1.54, 1.807) is 0 Å². The molecule has 1 amide bonds. The van der Waals surface area contributed by atoms with Gasteiger partial charge in [-0.15, -0.1) is 0 Å². The van der Waals surface area contributed by atoms with Gasteiger partial charge in [0, 0.05) is 38.7 Å². The normalized spacial score (nSPS) is 26.4. The minimum Gasteiger partial charge on any atom is -0.356 e. The number of hydrogen-bond acceptors (Lipinski definition) is 4. The second-order valence-corrected chi connectivity index (χ2v) is 6.41. The molecule has 1 aromatic heterocycles. The summed E-state index contributed by atoms with van der Waals surface area (Å²) in [6.07, 6.45) is 1.83. The van der Waals surface area contributed by atoms with Crippen LogP contribution in [0.15, 0.2) is 18.3 Å². The Morgan fingerprint density at radius 2 is 2.09 bits per heavy atom. The van der Waals surface area contributed by atoms with E-state index in [4.69, 9.17) is 4.74 Å². The lowest BCUT2D eigenvalue weighted by Crippen LogP contribution is -2.50. The number of hydrogen-bond donors (Lipinski definition) is 0. The molecule has 0 radical (unpaired) electrons. The third-order valence-electron chi connectivity index (χ3n) is 5.13. The van der Waals surface area contributed by atoms with Gasteiger partial charge in [0.25, 0.3) is 12.3 Å². The van der Waals surface area contributed by atoms with Gasteiger partial charge < -0.3 is 14.5 Å². The van der Waals surface area contributed by atoms with Crippen LogP contribution in [0.4, 0.5) is 14.6 Å². The molecule has 1 unspecified atom stereocenters. The summed E-state index contributed by atoms with van der Waals surface area (Å²) >= 11 is 0. The predicted octanol–water partition coefficient (Wildman–Crippen LogP) is 2.34. The monoisotopic (exact) mass is 323 g/mol. The molecule has 5 nitrogen and oxygen atoms in total. The van der Waals surface area contributed by atoms with Crippen LogP contribution >= 0.6 is 0 Å². The summed E-state index contributed by atoms with van der Waals surface area (Å²) in [6.45, 7) is 1.77. The van der Waals surface area contributed by atoms with Crippen LogP contribution in [0.25, 0.3) is 0 Å². The lowest BCUT2D eigenvalue weighted by atomic mass is 9.90. The summed E-state index contributed by atoms with van der Waals surface area (Å²) < 4.78 is 32.4. The topological polar surface area (TPSA) is 45.7 Å². The molecule has 3 saturated heterocycles. The zero-order chi connectivity index (χ0) is 16.0. The van der Waals surface area contributed by atoms with Gasteiger partial charge in [0.15, 0.2) is 5.60 Å². The van der Waals surface area contributed by atoms with Crippen molar-refractivity contribution in [2.24, 2.45) is 0 Å². The van der Waals surface area contributed by atoms with Gasteiger partial charge in [-0.25, -0.2) is 13.8 Å². The first kappa shape index (κ1) is 14.8. The molecule has 7 heteroatoms. The highest BCUT2D eigenvalue weighted by Crippen LogP contribution is 2.41. The fourth-order valence-corrected chi connectivity index (χ4v) is 3.92. The molecule has 0 aliphatic carbocycles. The van der Waals surface area contributed by atoms with Crippen LogP contribution in [-0.4, -0.2) is 47.3 Å². The highest BCUT2D eigenvalue weighted by Gasteiger charge is 2.55. The number of carbonyl (C=O) groups excluding carboxylic acids is 1. The zero-order valence-electron chi connectivity index (χ0n) is 12.8. The molecule has 0 aromatic carbocycles. The maximum Gasteiger partial charge on any atom is 0.267 e. The minimum atomic E-state index is -2.55. The third-order valence-corrected chi connectivity index (χ3v) is 5.13. The fourth-order valence-electron chi connectivity index (χ4n) is 3.92. The lowest BCUT2D eigenvalue weighted by Gasteiger charge is -2.38. The highest BCUT2D eigenvalue weighted by atomic mass is 19.3. The van der Waals surface area contributed by atoms with Gasteiger partial charge in [0.1, 0.15) is 12.0 Å². The summed E-state index contributed by atoms with van der Waals surface area (Å²) in [4.78, 5) is 20.4. The van der Waals surface area contributed by atoms with Crippen molar-refractivity contribution in [2.75, 3.05) is 24.5 Å². The van der Waals surface area contributed by atoms with Crippen molar-refractivity contribution in [3.63, 3.8) is 0 Å². The Morgan fingerprint density at radius 1 is 1.30 bits per heavy atom. The van der Waals surface area contributed by atoms with E-state index in [0.29, 0.717) is 31.7 Å². The summed E-state index contributed by atoms with van der Waals surface area (Å²) in [5.41, 5.74) is -0.802. The summed E-state index contributed by atoms with van der Waals surface area (Å²) in [5, 5.41) is 0. The molecule has 1 aromatic rings. The predicted molar refractivity (Wildman–Crippen MR) is 79.2 cm³/mol. The molecule has 1 atom stereocenters. The van der Waals surface area contributed by atoms with E-state index >= 15 is 0 Å². The molecular weight excluding hydrogens is 304 g/mol. The standard InChI is InChI=1S/C16H19F2N3O2/c17-13(18)11-3-1-7-19-14(11)20-9-5-16(6-10-20)15(22)21-8-2-4-12(21)23-16/h1,3,7,12-13H,2,4-6,8-10H2. The number of ether oxygens (including phenoxy) is 1. The van der Waals surface area contributed by atoms with Crippen molar-refractivity contribution in [1.29, 1.82) is 0 Å². The Morgan fingerprint density at radius 3 is 2.78 bits per heavy atom. The van der Waals surface area contributed by atoms with Crippen molar-refractivity contribution >= 4 is 11.7 Å². The second kappa shape index (κ2) is 5.40. The number of rotatable bonds is 2. The smallest absolute Gasteiger partial charge is 0.267 e. The van der Waals surface area contributed by atoms with Crippen LogP contribution in [-0.2, 0) is 9.53 Å². The largest absolute Gasteiger partial charge is 0.356 e. The molecule has 0 saturated carbocycles. The molecule has 4 heterocycles. The van der Waals surface area contributed by atoms with Crippen LogP contribution in [0, 0.1) is 0 Å². The lowest BCUT2D eigenvalue weighted by molar-refractivity contribution is -0.139. The number of piperidine rings is 1. The number of amides is 1. The molecule has 4 rings (SSSR count). The third kappa shape index (κ3) is 2.29. The number of nitrogens with zero attached hydrogens (tertiary/aromatic N) is 3. The molecule has 3 aliphatic heterocycles. The SMILES string of the molecule is O=C1N2CCCC2OC12CCN(c1ncccc1C(F)F)CC2. The van der Waals surface area contributed by atoms with Crippen molar-refractivity contribution < 1.29 is 18.3 Å². The van der Waals surface area contributed by atoms with E-state index in [2.05, 4.69) is 4.98 Å². The average Bonchev–Trinajstić information content (AvgIpc) is 3.11. The molecule has 0 N–H and O–H groups in total. The van der Waals surface area contributed by atoms with Crippen molar-refractivity contribution in [3.05, 3.63) is 23.9 Å².